The van der Waals surface area contributed by atoms with Crippen LogP contribution in [0.2, 0.25) is 5.02 Å². The van der Waals surface area contributed by atoms with Gasteiger partial charge in [0, 0.05) is 11.1 Å². The Kier molecular flexibility index (Phi) is 3.32. The zero-order valence-electron chi connectivity index (χ0n) is 9.33. The van der Waals surface area contributed by atoms with Gasteiger partial charge in [0.15, 0.2) is 0 Å². The van der Waals surface area contributed by atoms with Crippen molar-refractivity contribution in [3.8, 4) is 0 Å². The molecule has 3 unspecified atom stereocenters. The molecular formula is C13H18ClN. The minimum absolute atomic E-state index is 0.490. The van der Waals surface area contributed by atoms with Crippen LogP contribution in [0.3, 0.4) is 0 Å². The predicted octanol–water partition coefficient (Wildman–Crippen LogP) is 3.65. The van der Waals surface area contributed by atoms with E-state index in [0.717, 1.165) is 23.4 Å². The first-order valence-corrected chi connectivity index (χ1v) is 6.09. The lowest BCUT2D eigenvalue weighted by molar-refractivity contribution is 0.476. The number of halogens is 1. The quantitative estimate of drug-likeness (QED) is 0.822. The van der Waals surface area contributed by atoms with Gasteiger partial charge in [-0.05, 0) is 42.5 Å². The SMILES string of the molecule is CCNC(c1cccc(Cl)c1)C1CC1C. The van der Waals surface area contributed by atoms with Crippen LogP contribution >= 0.6 is 11.6 Å². The van der Waals surface area contributed by atoms with Crippen molar-refractivity contribution in [3.63, 3.8) is 0 Å². The molecule has 0 saturated heterocycles. The number of rotatable bonds is 4. The zero-order valence-corrected chi connectivity index (χ0v) is 10.1. The molecule has 1 aromatic carbocycles. The second kappa shape index (κ2) is 4.54. The molecular weight excluding hydrogens is 206 g/mol. The topological polar surface area (TPSA) is 12.0 Å². The van der Waals surface area contributed by atoms with Gasteiger partial charge in [-0.2, -0.15) is 0 Å². The van der Waals surface area contributed by atoms with Gasteiger partial charge in [0.25, 0.3) is 0 Å². The minimum atomic E-state index is 0.490. The summed E-state index contributed by atoms with van der Waals surface area (Å²) in [6, 6.07) is 8.72. The largest absolute Gasteiger partial charge is 0.310 e. The molecule has 0 spiro atoms. The van der Waals surface area contributed by atoms with Gasteiger partial charge < -0.3 is 5.32 Å². The Morgan fingerprint density at radius 3 is 2.80 bits per heavy atom. The average molecular weight is 224 g/mol. The normalized spacial score (nSPS) is 26.3. The van der Waals surface area contributed by atoms with E-state index in [1.807, 2.05) is 12.1 Å². The number of nitrogens with one attached hydrogen (secondary N) is 1. The van der Waals surface area contributed by atoms with Crippen LogP contribution in [0.4, 0.5) is 0 Å². The first-order chi connectivity index (χ1) is 7.22. The first kappa shape index (κ1) is 11.0. The van der Waals surface area contributed by atoms with E-state index in [-0.39, 0.29) is 0 Å². The van der Waals surface area contributed by atoms with Crippen molar-refractivity contribution in [2.75, 3.05) is 6.54 Å². The molecule has 1 fully saturated rings. The molecule has 1 aliphatic carbocycles. The minimum Gasteiger partial charge on any atom is -0.310 e. The van der Waals surface area contributed by atoms with Gasteiger partial charge in [0.2, 0.25) is 0 Å². The number of hydrogen-bond donors (Lipinski definition) is 1. The maximum absolute atomic E-state index is 6.02. The molecule has 1 aliphatic rings. The summed E-state index contributed by atoms with van der Waals surface area (Å²) in [4.78, 5) is 0. The smallest absolute Gasteiger partial charge is 0.0409 e. The average Bonchev–Trinajstić information content (AvgIpc) is 2.92. The second-order valence-corrected chi connectivity index (χ2v) is 4.90. The van der Waals surface area contributed by atoms with Gasteiger partial charge in [0.1, 0.15) is 0 Å². The van der Waals surface area contributed by atoms with Crippen LogP contribution in [0.1, 0.15) is 31.9 Å². The Hall–Kier alpha value is -0.530. The lowest BCUT2D eigenvalue weighted by Crippen LogP contribution is -2.23. The van der Waals surface area contributed by atoms with Crippen LogP contribution in [-0.2, 0) is 0 Å². The number of hydrogen-bond acceptors (Lipinski definition) is 1. The highest BCUT2D eigenvalue weighted by atomic mass is 35.5. The predicted molar refractivity (Wildman–Crippen MR) is 65.1 cm³/mol. The highest BCUT2D eigenvalue weighted by Crippen LogP contribution is 2.47. The molecule has 1 N–H and O–H groups in total. The molecule has 82 valence electrons. The van der Waals surface area contributed by atoms with E-state index >= 15 is 0 Å². The van der Waals surface area contributed by atoms with E-state index in [2.05, 4.69) is 31.3 Å². The maximum Gasteiger partial charge on any atom is 0.0409 e. The van der Waals surface area contributed by atoms with Crippen molar-refractivity contribution < 1.29 is 0 Å². The third-order valence-corrected chi connectivity index (χ3v) is 3.47. The molecule has 0 aliphatic heterocycles. The maximum atomic E-state index is 6.02. The third kappa shape index (κ3) is 2.53. The standard InChI is InChI=1S/C13H18ClN/c1-3-15-13(12-7-9(12)2)10-5-4-6-11(14)8-10/h4-6,8-9,12-13,15H,3,7H2,1-2H3. The third-order valence-electron chi connectivity index (χ3n) is 3.23. The molecule has 1 saturated carbocycles. The van der Waals surface area contributed by atoms with Crippen molar-refractivity contribution >= 4 is 11.6 Å². The van der Waals surface area contributed by atoms with Crippen molar-refractivity contribution in [2.24, 2.45) is 11.8 Å². The van der Waals surface area contributed by atoms with Gasteiger partial charge in [-0.25, -0.2) is 0 Å². The van der Waals surface area contributed by atoms with Crippen molar-refractivity contribution in [2.45, 2.75) is 26.3 Å². The summed E-state index contributed by atoms with van der Waals surface area (Å²) in [5, 5.41) is 4.40. The fourth-order valence-electron chi connectivity index (χ4n) is 2.25. The fraction of sp³-hybridized carbons (Fsp3) is 0.538. The second-order valence-electron chi connectivity index (χ2n) is 4.47. The fourth-order valence-corrected chi connectivity index (χ4v) is 2.45. The number of benzene rings is 1. The highest BCUT2D eigenvalue weighted by molar-refractivity contribution is 6.30. The highest BCUT2D eigenvalue weighted by Gasteiger charge is 2.39. The van der Waals surface area contributed by atoms with Crippen molar-refractivity contribution in [1.82, 2.24) is 5.32 Å². The van der Waals surface area contributed by atoms with Gasteiger partial charge in [0.05, 0.1) is 0 Å². The molecule has 2 rings (SSSR count). The summed E-state index contributed by atoms with van der Waals surface area (Å²) in [5.41, 5.74) is 1.33. The Balaban J connectivity index is 2.17. The summed E-state index contributed by atoms with van der Waals surface area (Å²) in [7, 11) is 0. The summed E-state index contributed by atoms with van der Waals surface area (Å²) in [6.45, 7) is 5.49. The van der Waals surface area contributed by atoms with Crippen molar-refractivity contribution in [1.29, 1.82) is 0 Å². The zero-order chi connectivity index (χ0) is 10.8. The van der Waals surface area contributed by atoms with Crippen molar-refractivity contribution in [3.05, 3.63) is 34.9 Å². The Labute approximate surface area is 96.8 Å². The van der Waals surface area contributed by atoms with Crippen LogP contribution < -0.4 is 5.32 Å². The Morgan fingerprint density at radius 1 is 1.53 bits per heavy atom. The Morgan fingerprint density at radius 2 is 2.27 bits per heavy atom. The molecule has 0 bridgehead atoms. The molecule has 0 radical (unpaired) electrons. The lowest BCUT2D eigenvalue weighted by Gasteiger charge is -2.18. The monoisotopic (exact) mass is 223 g/mol. The van der Waals surface area contributed by atoms with Crippen LogP contribution in [-0.4, -0.2) is 6.54 Å². The lowest BCUT2D eigenvalue weighted by atomic mass is 10.0. The molecule has 1 nitrogen and oxygen atoms in total. The van der Waals surface area contributed by atoms with E-state index in [1.54, 1.807) is 0 Å². The molecule has 3 atom stereocenters. The van der Waals surface area contributed by atoms with Gasteiger partial charge in [-0.1, -0.05) is 37.6 Å². The molecule has 0 aromatic heterocycles. The van der Waals surface area contributed by atoms with Gasteiger partial charge >= 0.3 is 0 Å². The summed E-state index contributed by atoms with van der Waals surface area (Å²) in [5.74, 6) is 1.65. The van der Waals surface area contributed by atoms with Gasteiger partial charge in [-0.15, -0.1) is 0 Å². The summed E-state index contributed by atoms with van der Waals surface area (Å²) in [6.07, 6.45) is 1.34. The molecule has 0 amide bonds. The van der Waals surface area contributed by atoms with Crippen LogP contribution in [0, 0.1) is 11.8 Å². The van der Waals surface area contributed by atoms with E-state index in [1.165, 1.54) is 12.0 Å². The van der Waals surface area contributed by atoms with Crippen LogP contribution in [0.5, 0.6) is 0 Å². The van der Waals surface area contributed by atoms with Crippen LogP contribution in [0.15, 0.2) is 24.3 Å². The molecule has 0 heterocycles. The van der Waals surface area contributed by atoms with E-state index in [4.69, 9.17) is 11.6 Å². The molecule has 1 aromatic rings. The first-order valence-electron chi connectivity index (χ1n) is 5.71. The summed E-state index contributed by atoms with van der Waals surface area (Å²) < 4.78 is 0. The van der Waals surface area contributed by atoms with Crippen LogP contribution in [0.25, 0.3) is 0 Å². The van der Waals surface area contributed by atoms with Gasteiger partial charge in [-0.3, -0.25) is 0 Å². The Bertz CT molecular complexity index is 337. The van der Waals surface area contributed by atoms with E-state index in [0.29, 0.717) is 6.04 Å². The molecule has 15 heavy (non-hydrogen) atoms. The van der Waals surface area contributed by atoms with E-state index in [9.17, 15) is 0 Å². The van der Waals surface area contributed by atoms with E-state index < -0.39 is 0 Å². The molecule has 2 heteroatoms. The summed E-state index contributed by atoms with van der Waals surface area (Å²) >= 11 is 6.02.